The van der Waals surface area contributed by atoms with Crippen molar-refractivity contribution >= 4 is 5.91 Å². The van der Waals surface area contributed by atoms with E-state index in [9.17, 15) is 9.18 Å². The molecule has 2 unspecified atom stereocenters. The average molecular weight is 235 g/mol. The highest BCUT2D eigenvalue weighted by Crippen LogP contribution is 2.09. The van der Waals surface area contributed by atoms with Gasteiger partial charge < -0.3 is 10.6 Å². The Bertz CT molecular complexity index is 391. The largest absolute Gasteiger partial charge is 0.348 e. The van der Waals surface area contributed by atoms with Gasteiger partial charge in [-0.25, -0.2) is 4.39 Å². The van der Waals surface area contributed by atoms with E-state index >= 15 is 0 Å². The quantitative estimate of drug-likeness (QED) is 0.813. The summed E-state index contributed by atoms with van der Waals surface area (Å²) in [4.78, 5) is 11.8. The smallest absolute Gasteiger partial charge is 0.251 e. The Morgan fingerprint density at radius 3 is 2.71 bits per heavy atom. The number of carbonyl (C=O) groups is 1. The van der Waals surface area contributed by atoms with Crippen molar-refractivity contribution in [2.45, 2.75) is 13.0 Å². The number of benzene rings is 1. The van der Waals surface area contributed by atoms with Crippen molar-refractivity contribution in [1.29, 1.82) is 0 Å². The fourth-order valence-electron chi connectivity index (χ4n) is 1.95. The van der Waals surface area contributed by atoms with E-state index in [-0.39, 0.29) is 17.8 Å². The summed E-state index contributed by atoms with van der Waals surface area (Å²) in [7, 11) is 0. The first kappa shape index (κ1) is 12.0. The molecular weight excluding hydrogens is 219 g/mol. The molecule has 0 aliphatic carbocycles. The van der Waals surface area contributed by atoms with Crippen LogP contribution in [0.2, 0.25) is 0 Å². The van der Waals surface area contributed by atoms with E-state index in [2.05, 4.69) is 24.0 Å². The average Bonchev–Trinajstić information content (AvgIpc) is 2.29. The Morgan fingerprint density at radius 2 is 2.06 bits per heavy atom. The van der Waals surface area contributed by atoms with Crippen LogP contribution in [-0.4, -0.2) is 25.0 Å². The number of halogens is 1. The van der Waals surface area contributed by atoms with E-state index in [0.717, 1.165) is 13.1 Å². The molecule has 2 N–H and O–H groups in total. The lowest BCUT2D eigenvalue weighted by Crippen LogP contribution is -2.48. The second-order valence-corrected chi connectivity index (χ2v) is 4.41. The predicted octanol–water partition coefficient (Wildman–Crippen LogP) is 1.37. The molecule has 1 aliphatic rings. The van der Waals surface area contributed by atoms with Crippen molar-refractivity contribution in [2.24, 2.45) is 5.92 Å². The van der Waals surface area contributed by atoms with Crippen molar-refractivity contribution in [2.75, 3.05) is 13.1 Å². The number of rotatable bonds is 2. The second kappa shape index (κ2) is 5.27. The van der Waals surface area contributed by atoms with Gasteiger partial charge in [0, 0.05) is 18.2 Å². The second-order valence-electron chi connectivity index (χ2n) is 4.41. The summed E-state index contributed by atoms with van der Waals surface area (Å²) in [5.41, 5.74) is 0.484. The van der Waals surface area contributed by atoms with E-state index in [1.807, 2.05) is 0 Å². The van der Waals surface area contributed by atoms with Gasteiger partial charge in [0.15, 0.2) is 0 Å². The van der Waals surface area contributed by atoms with Gasteiger partial charge in [0.25, 0.3) is 5.91 Å². The Balaban J connectivity index is 1.94. The minimum Gasteiger partial charge on any atom is -0.348 e. The predicted molar refractivity (Wildman–Crippen MR) is 64.0 cm³/mol. The maximum atomic E-state index is 12.7. The van der Waals surface area contributed by atoms with Crippen molar-refractivity contribution in [3.63, 3.8) is 0 Å². The van der Waals surface area contributed by atoms with Crippen LogP contribution < -0.4 is 10.6 Å². The molecule has 17 heavy (non-hydrogen) atoms. The van der Waals surface area contributed by atoms with E-state index < -0.39 is 0 Å². The number of piperidine rings is 1. The molecule has 1 aromatic rings. The molecular formula is C13H16FN2O. The van der Waals surface area contributed by atoms with Crippen molar-refractivity contribution in [3.05, 3.63) is 42.1 Å². The van der Waals surface area contributed by atoms with Crippen molar-refractivity contribution in [1.82, 2.24) is 10.6 Å². The van der Waals surface area contributed by atoms with Crippen LogP contribution in [0.15, 0.2) is 24.3 Å². The summed E-state index contributed by atoms with van der Waals surface area (Å²) in [6, 6.07) is 5.60. The molecule has 0 spiro atoms. The zero-order valence-corrected chi connectivity index (χ0v) is 9.74. The third kappa shape index (κ3) is 3.27. The Kier molecular flexibility index (Phi) is 3.74. The molecule has 1 aromatic carbocycles. The Morgan fingerprint density at radius 1 is 1.35 bits per heavy atom. The zero-order chi connectivity index (χ0) is 12.3. The standard InChI is InChI=1S/C13H16FN2O/c1-9-6-12(8-15-7-9)16-13(17)10-2-4-11(14)5-3-10/h2-6,9,12,15H,7-8H2,1H3,(H,16,17). The van der Waals surface area contributed by atoms with Crippen LogP contribution in [0.25, 0.3) is 0 Å². The fraction of sp³-hybridized carbons (Fsp3) is 0.385. The van der Waals surface area contributed by atoms with E-state index in [0.29, 0.717) is 11.5 Å². The van der Waals surface area contributed by atoms with Gasteiger partial charge in [-0.15, -0.1) is 0 Å². The molecule has 3 nitrogen and oxygen atoms in total. The highest BCUT2D eigenvalue weighted by molar-refractivity contribution is 5.94. The molecule has 1 saturated heterocycles. The Hall–Kier alpha value is -1.42. The SMILES string of the molecule is CC1[CH]C(NC(=O)c2ccc(F)cc2)CNC1. The summed E-state index contributed by atoms with van der Waals surface area (Å²) in [5.74, 6) is -0.0505. The van der Waals surface area contributed by atoms with Gasteiger partial charge in [0.2, 0.25) is 0 Å². The van der Waals surface area contributed by atoms with Gasteiger partial charge in [-0.1, -0.05) is 6.92 Å². The van der Waals surface area contributed by atoms with Gasteiger partial charge >= 0.3 is 0 Å². The Labute approximate surface area is 100 Å². The molecule has 2 rings (SSSR count). The summed E-state index contributed by atoms with van der Waals surface area (Å²) in [6.45, 7) is 3.80. The number of amides is 1. The van der Waals surface area contributed by atoms with Gasteiger partial charge in [-0.3, -0.25) is 4.79 Å². The maximum Gasteiger partial charge on any atom is 0.251 e. The molecule has 1 radical (unpaired) electrons. The topological polar surface area (TPSA) is 41.1 Å². The first-order valence-electron chi connectivity index (χ1n) is 5.77. The molecule has 1 amide bonds. The van der Waals surface area contributed by atoms with Crippen LogP contribution >= 0.6 is 0 Å². The van der Waals surface area contributed by atoms with E-state index in [1.165, 1.54) is 24.3 Å². The molecule has 91 valence electrons. The molecule has 1 fully saturated rings. The fourth-order valence-corrected chi connectivity index (χ4v) is 1.95. The minimum absolute atomic E-state index is 0.0382. The van der Waals surface area contributed by atoms with Gasteiger partial charge in [0.1, 0.15) is 5.82 Å². The number of hydrogen-bond donors (Lipinski definition) is 2. The zero-order valence-electron chi connectivity index (χ0n) is 9.74. The molecule has 4 heteroatoms. The van der Waals surface area contributed by atoms with Crippen LogP contribution in [-0.2, 0) is 0 Å². The van der Waals surface area contributed by atoms with E-state index in [1.54, 1.807) is 0 Å². The number of carbonyl (C=O) groups excluding carboxylic acids is 1. The first-order valence-corrected chi connectivity index (χ1v) is 5.77. The summed E-state index contributed by atoms with van der Waals surface area (Å²) in [6.07, 6.45) is 2.12. The monoisotopic (exact) mass is 235 g/mol. The van der Waals surface area contributed by atoms with Gasteiger partial charge in [-0.2, -0.15) is 0 Å². The summed E-state index contributed by atoms with van der Waals surface area (Å²) in [5, 5.41) is 6.15. The minimum atomic E-state index is -0.332. The highest BCUT2D eigenvalue weighted by atomic mass is 19.1. The lowest BCUT2D eigenvalue weighted by atomic mass is 9.97. The molecule has 1 aliphatic heterocycles. The van der Waals surface area contributed by atoms with Gasteiger partial charge in [0.05, 0.1) is 0 Å². The number of hydrogen-bond acceptors (Lipinski definition) is 2. The van der Waals surface area contributed by atoms with Crippen LogP contribution in [0.1, 0.15) is 17.3 Å². The van der Waals surface area contributed by atoms with Crippen molar-refractivity contribution in [3.8, 4) is 0 Å². The van der Waals surface area contributed by atoms with Crippen molar-refractivity contribution < 1.29 is 9.18 Å². The summed E-state index contributed by atoms with van der Waals surface area (Å²) < 4.78 is 12.7. The molecule has 0 saturated carbocycles. The van der Waals surface area contributed by atoms with Crippen LogP contribution in [0.4, 0.5) is 4.39 Å². The maximum absolute atomic E-state index is 12.7. The molecule has 0 bridgehead atoms. The van der Waals surface area contributed by atoms with Gasteiger partial charge in [-0.05, 0) is 43.1 Å². The summed E-state index contributed by atoms with van der Waals surface area (Å²) >= 11 is 0. The highest BCUT2D eigenvalue weighted by Gasteiger charge is 2.20. The van der Waals surface area contributed by atoms with E-state index in [4.69, 9.17) is 0 Å². The molecule has 1 heterocycles. The third-order valence-electron chi connectivity index (χ3n) is 2.81. The molecule has 0 aromatic heterocycles. The third-order valence-corrected chi connectivity index (χ3v) is 2.81. The normalized spacial score (nSPS) is 24.4. The lowest BCUT2D eigenvalue weighted by molar-refractivity contribution is 0.0937. The molecule has 2 atom stereocenters. The van der Waals surface area contributed by atoms with Crippen LogP contribution in [0.3, 0.4) is 0 Å². The van der Waals surface area contributed by atoms with Crippen LogP contribution in [0.5, 0.6) is 0 Å². The number of nitrogens with one attached hydrogen (secondary N) is 2. The first-order chi connectivity index (χ1) is 8.15. The lowest BCUT2D eigenvalue weighted by Gasteiger charge is -2.28. The van der Waals surface area contributed by atoms with Crippen LogP contribution in [0, 0.1) is 18.2 Å².